The third-order valence-electron chi connectivity index (χ3n) is 4.83. The third kappa shape index (κ3) is 4.78. The predicted molar refractivity (Wildman–Crippen MR) is 116 cm³/mol. The summed E-state index contributed by atoms with van der Waals surface area (Å²) >= 11 is 0. The van der Waals surface area contributed by atoms with Crippen molar-refractivity contribution in [2.75, 3.05) is 25.6 Å². The number of fused-ring (bicyclic) bond motifs is 1. The van der Waals surface area contributed by atoms with Crippen molar-refractivity contribution in [3.05, 3.63) is 83.9 Å². The number of carbonyl (C=O) groups excluding carboxylic acids is 2. The summed E-state index contributed by atoms with van der Waals surface area (Å²) < 4.78 is 16.2. The lowest BCUT2D eigenvalue weighted by atomic mass is 10.0. The number of nitrogens with one attached hydrogen (secondary N) is 2. The Morgan fingerprint density at radius 1 is 0.903 bits per heavy atom. The summed E-state index contributed by atoms with van der Waals surface area (Å²) in [7, 11) is 1.56. The molecular weight excluding hydrogens is 396 g/mol. The summed E-state index contributed by atoms with van der Waals surface area (Å²) in [6.07, 6.45) is 0. The topological polar surface area (TPSA) is 85.9 Å². The van der Waals surface area contributed by atoms with Crippen LogP contribution in [-0.2, 0) is 4.79 Å². The first kappa shape index (κ1) is 20.3. The Labute approximate surface area is 179 Å². The van der Waals surface area contributed by atoms with Gasteiger partial charge in [-0.25, -0.2) is 0 Å². The summed E-state index contributed by atoms with van der Waals surface area (Å²) in [5, 5.41) is 5.68. The number of hydrogen-bond acceptors (Lipinski definition) is 5. The van der Waals surface area contributed by atoms with Gasteiger partial charge in [-0.15, -0.1) is 0 Å². The lowest BCUT2D eigenvalue weighted by Crippen LogP contribution is -2.37. The minimum atomic E-state index is -0.885. The van der Waals surface area contributed by atoms with Crippen molar-refractivity contribution < 1.29 is 23.8 Å². The molecule has 0 spiro atoms. The molecule has 7 nitrogen and oxygen atoms in total. The molecule has 158 valence electrons. The number of carbonyl (C=O) groups is 2. The van der Waals surface area contributed by atoms with Crippen molar-refractivity contribution in [2.24, 2.45) is 0 Å². The number of ether oxygens (including phenoxy) is 3. The Hall–Kier alpha value is -4.00. The maximum absolute atomic E-state index is 13.1. The molecular formula is C24H22N2O5. The van der Waals surface area contributed by atoms with E-state index >= 15 is 0 Å². The smallest absolute Gasteiger partial charge is 0.252 e. The highest BCUT2D eigenvalue weighted by molar-refractivity contribution is 6.01. The molecule has 4 rings (SSSR count). The van der Waals surface area contributed by atoms with E-state index in [9.17, 15) is 9.59 Å². The molecule has 3 aromatic rings. The number of methoxy groups -OCH3 is 1. The van der Waals surface area contributed by atoms with E-state index in [-0.39, 0.29) is 11.8 Å². The number of amides is 2. The largest absolute Gasteiger partial charge is 0.497 e. The zero-order valence-electron chi connectivity index (χ0n) is 17.0. The molecule has 0 bridgehead atoms. The fraction of sp³-hybridized carbons (Fsp3) is 0.167. The number of anilines is 1. The molecule has 1 atom stereocenters. The zero-order valence-corrected chi connectivity index (χ0v) is 17.0. The molecule has 2 amide bonds. The molecule has 1 aliphatic heterocycles. The molecule has 1 unspecified atom stereocenters. The second-order valence-corrected chi connectivity index (χ2v) is 6.89. The summed E-state index contributed by atoms with van der Waals surface area (Å²) in [6, 6.07) is 20.1. The Morgan fingerprint density at radius 3 is 2.32 bits per heavy atom. The maximum atomic E-state index is 13.1. The normalized spacial score (nSPS) is 13.1. The van der Waals surface area contributed by atoms with Gasteiger partial charge in [0.15, 0.2) is 11.5 Å². The molecule has 0 radical (unpaired) electrons. The van der Waals surface area contributed by atoms with Crippen LogP contribution in [-0.4, -0.2) is 32.1 Å². The molecule has 7 heteroatoms. The van der Waals surface area contributed by atoms with Gasteiger partial charge in [-0.3, -0.25) is 9.59 Å². The van der Waals surface area contributed by atoms with E-state index in [0.29, 0.717) is 47.3 Å². The lowest BCUT2D eigenvalue weighted by molar-refractivity contribution is -0.118. The van der Waals surface area contributed by atoms with Gasteiger partial charge < -0.3 is 24.8 Å². The minimum absolute atomic E-state index is 0.367. The molecule has 0 fully saturated rings. The Kier molecular flexibility index (Phi) is 6.03. The van der Waals surface area contributed by atoms with Gasteiger partial charge in [0.1, 0.15) is 25.0 Å². The first-order valence-electron chi connectivity index (χ1n) is 9.84. The van der Waals surface area contributed by atoms with Crippen molar-refractivity contribution in [2.45, 2.75) is 6.04 Å². The summed E-state index contributed by atoms with van der Waals surface area (Å²) in [5.41, 5.74) is 1.64. The van der Waals surface area contributed by atoms with E-state index in [2.05, 4.69) is 10.6 Å². The van der Waals surface area contributed by atoms with Crippen LogP contribution in [0.5, 0.6) is 17.2 Å². The van der Waals surface area contributed by atoms with E-state index in [4.69, 9.17) is 14.2 Å². The predicted octanol–water partition coefficient (Wildman–Crippen LogP) is 3.58. The molecule has 2 N–H and O–H groups in total. The molecule has 0 aromatic heterocycles. The molecule has 1 heterocycles. The Balaban J connectivity index is 1.54. The highest BCUT2D eigenvalue weighted by Crippen LogP contribution is 2.33. The van der Waals surface area contributed by atoms with E-state index < -0.39 is 6.04 Å². The monoisotopic (exact) mass is 418 g/mol. The van der Waals surface area contributed by atoms with E-state index in [1.807, 2.05) is 18.2 Å². The quantitative estimate of drug-likeness (QED) is 0.639. The van der Waals surface area contributed by atoms with Crippen molar-refractivity contribution in [1.82, 2.24) is 5.32 Å². The van der Waals surface area contributed by atoms with Crippen LogP contribution < -0.4 is 24.8 Å². The van der Waals surface area contributed by atoms with Gasteiger partial charge in [-0.1, -0.05) is 30.3 Å². The van der Waals surface area contributed by atoms with Crippen molar-refractivity contribution in [3.63, 3.8) is 0 Å². The molecule has 0 aliphatic carbocycles. The average molecular weight is 418 g/mol. The van der Waals surface area contributed by atoms with Crippen molar-refractivity contribution >= 4 is 17.5 Å². The Morgan fingerprint density at radius 2 is 1.61 bits per heavy atom. The highest BCUT2D eigenvalue weighted by Gasteiger charge is 2.24. The molecule has 0 saturated heterocycles. The summed E-state index contributed by atoms with van der Waals surface area (Å²) in [6.45, 7) is 0.946. The van der Waals surface area contributed by atoms with Crippen LogP contribution in [0.3, 0.4) is 0 Å². The van der Waals surface area contributed by atoms with Crippen LogP contribution in [0.25, 0.3) is 0 Å². The van der Waals surface area contributed by atoms with Crippen LogP contribution >= 0.6 is 0 Å². The van der Waals surface area contributed by atoms with Crippen LogP contribution in [0.1, 0.15) is 22.0 Å². The lowest BCUT2D eigenvalue weighted by Gasteiger charge is -2.21. The Bertz CT molecular complexity index is 1070. The first-order valence-corrected chi connectivity index (χ1v) is 9.84. The van der Waals surface area contributed by atoms with Crippen molar-refractivity contribution in [1.29, 1.82) is 0 Å². The van der Waals surface area contributed by atoms with Gasteiger partial charge in [0.25, 0.3) is 11.8 Å². The molecule has 0 saturated carbocycles. The minimum Gasteiger partial charge on any atom is -0.497 e. The summed E-state index contributed by atoms with van der Waals surface area (Å²) in [5.74, 6) is 1.12. The fourth-order valence-corrected chi connectivity index (χ4v) is 3.24. The van der Waals surface area contributed by atoms with Crippen LogP contribution in [0.4, 0.5) is 5.69 Å². The maximum Gasteiger partial charge on any atom is 0.252 e. The zero-order chi connectivity index (χ0) is 21.6. The van der Waals surface area contributed by atoms with Gasteiger partial charge in [0.2, 0.25) is 0 Å². The fourth-order valence-electron chi connectivity index (χ4n) is 3.24. The standard InChI is InChI=1S/C24H22N2O5/c1-29-19-10-7-17(8-11-19)23(27)26-22(16-5-3-2-4-6-16)24(28)25-18-9-12-20-21(15-18)31-14-13-30-20/h2-12,15,22H,13-14H2,1H3,(H,25,28)(H,26,27). The number of benzene rings is 3. The third-order valence-corrected chi connectivity index (χ3v) is 4.83. The molecule has 31 heavy (non-hydrogen) atoms. The number of rotatable bonds is 6. The average Bonchev–Trinajstić information content (AvgIpc) is 2.83. The number of hydrogen-bond donors (Lipinski definition) is 2. The molecule has 1 aliphatic rings. The van der Waals surface area contributed by atoms with Crippen molar-refractivity contribution in [3.8, 4) is 17.2 Å². The van der Waals surface area contributed by atoms with Crippen LogP contribution in [0.15, 0.2) is 72.8 Å². The second kappa shape index (κ2) is 9.21. The second-order valence-electron chi connectivity index (χ2n) is 6.89. The van der Waals surface area contributed by atoms with Gasteiger partial charge in [0.05, 0.1) is 7.11 Å². The highest BCUT2D eigenvalue weighted by atomic mass is 16.6. The van der Waals surface area contributed by atoms with Gasteiger partial charge >= 0.3 is 0 Å². The van der Waals surface area contributed by atoms with E-state index in [1.165, 1.54) is 0 Å². The van der Waals surface area contributed by atoms with Crippen LogP contribution in [0, 0.1) is 0 Å². The van der Waals surface area contributed by atoms with Gasteiger partial charge in [-0.2, -0.15) is 0 Å². The van der Waals surface area contributed by atoms with E-state index in [0.717, 1.165) is 0 Å². The molecule has 3 aromatic carbocycles. The SMILES string of the molecule is COc1ccc(C(=O)NC(C(=O)Nc2ccc3c(c2)OCCO3)c2ccccc2)cc1. The summed E-state index contributed by atoms with van der Waals surface area (Å²) in [4.78, 5) is 25.9. The van der Waals surface area contributed by atoms with E-state index in [1.54, 1.807) is 61.7 Å². The van der Waals surface area contributed by atoms with Gasteiger partial charge in [0, 0.05) is 17.3 Å². The van der Waals surface area contributed by atoms with Gasteiger partial charge in [-0.05, 0) is 42.0 Å². The first-order chi connectivity index (χ1) is 15.1. The van der Waals surface area contributed by atoms with Crippen LogP contribution in [0.2, 0.25) is 0 Å².